The summed E-state index contributed by atoms with van der Waals surface area (Å²) in [6.45, 7) is 3.98. The molecule has 2 unspecified atom stereocenters. The van der Waals surface area contributed by atoms with Gasteiger partial charge in [-0.1, -0.05) is 62.4 Å². The Hall–Kier alpha value is -3.39. The number of aliphatic carboxylic acids is 1. The van der Waals surface area contributed by atoms with Gasteiger partial charge in [0.05, 0.1) is 6.54 Å². The number of hydrogen-bond donors (Lipinski definition) is 3. The molecule has 0 aromatic heterocycles. The summed E-state index contributed by atoms with van der Waals surface area (Å²) >= 11 is 0. The summed E-state index contributed by atoms with van der Waals surface area (Å²) in [5.41, 5.74) is 4.47. The topological polar surface area (TPSA) is 114 Å². The van der Waals surface area contributed by atoms with Crippen LogP contribution in [-0.2, 0) is 19.1 Å². The Bertz CT molecular complexity index is 976. The quantitative estimate of drug-likeness (QED) is 0.465. The van der Waals surface area contributed by atoms with Crippen LogP contribution in [0.4, 0.5) is 4.79 Å². The number of methoxy groups -OCH3 is 1. The molecule has 2 aromatic rings. The molecule has 182 valence electrons. The van der Waals surface area contributed by atoms with Crippen molar-refractivity contribution < 1.29 is 29.0 Å². The number of alkyl carbamates (subject to hydrolysis) is 1. The fraction of sp³-hybridized carbons (Fsp3) is 0.423. The van der Waals surface area contributed by atoms with Crippen LogP contribution >= 0.6 is 0 Å². The first-order valence-corrected chi connectivity index (χ1v) is 11.5. The summed E-state index contributed by atoms with van der Waals surface area (Å²) in [5.74, 6) is -1.46. The molecule has 8 nitrogen and oxygen atoms in total. The summed E-state index contributed by atoms with van der Waals surface area (Å²) in [4.78, 5) is 36.3. The maximum atomic E-state index is 12.5. The summed E-state index contributed by atoms with van der Waals surface area (Å²) in [7, 11) is 1.33. The van der Waals surface area contributed by atoms with Gasteiger partial charge in [-0.2, -0.15) is 0 Å². The zero-order chi connectivity index (χ0) is 24.7. The van der Waals surface area contributed by atoms with Gasteiger partial charge in [-0.15, -0.1) is 0 Å². The highest BCUT2D eigenvalue weighted by Gasteiger charge is 2.29. The van der Waals surface area contributed by atoms with Crippen LogP contribution in [0.2, 0.25) is 0 Å². The van der Waals surface area contributed by atoms with E-state index >= 15 is 0 Å². The van der Waals surface area contributed by atoms with Gasteiger partial charge in [-0.3, -0.25) is 4.79 Å². The molecular weight excluding hydrogens is 436 g/mol. The van der Waals surface area contributed by atoms with E-state index in [1.54, 1.807) is 0 Å². The van der Waals surface area contributed by atoms with Crippen molar-refractivity contribution in [3.8, 4) is 11.1 Å². The van der Waals surface area contributed by atoms with E-state index in [9.17, 15) is 19.5 Å². The molecule has 8 heteroatoms. The summed E-state index contributed by atoms with van der Waals surface area (Å²) < 4.78 is 10.6. The van der Waals surface area contributed by atoms with Gasteiger partial charge in [0.25, 0.3) is 5.91 Å². The number of benzene rings is 2. The minimum Gasteiger partial charge on any atom is -0.480 e. The van der Waals surface area contributed by atoms with E-state index in [-0.39, 0.29) is 19.1 Å². The lowest BCUT2D eigenvalue weighted by molar-refractivity contribution is -0.144. The number of amides is 2. The molecule has 3 N–H and O–H groups in total. The van der Waals surface area contributed by atoms with Crippen LogP contribution in [0.1, 0.15) is 43.7 Å². The van der Waals surface area contributed by atoms with Crippen LogP contribution in [0.3, 0.4) is 0 Å². The van der Waals surface area contributed by atoms with E-state index in [1.807, 2.05) is 50.2 Å². The summed E-state index contributed by atoms with van der Waals surface area (Å²) in [6.07, 6.45) is -0.741. The number of carboxylic acid groups (broad SMARTS) is 1. The fourth-order valence-corrected chi connectivity index (χ4v) is 4.13. The van der Waals surface area contributed by atoms with Gasteiger partial charge in [0.15, 0.2) is 6.10 Å². The van der Waals surface area contributed by atoms with E-state index in [4.69, 9.17) is 9.47 Å². The summed E-state index contributed by atoms with van der Waals surface area (Å²) in [6, 6.07) is 15.1. The van der Waals surface area contributed by atoms with Crippen LogP contribution in [0.5, 0.6) is 0 Å². The number of carbonyl (C=O) groups excluding carboxylic acids is 2. The molecule has 2 aromatic carbocycles. The second-order valence-electron chi connectivity index (χ2n) is 8.80. The number of carbonyl (C=O) groups is 3. The molecule has 2 atom stereocenters. The molecule has 1 aliphatic rings. The van der Waals surface area contributed by atoms with E-state index in [0.29, 0.717) is 18.8 Å². The number of hydrogen-bond acceptors (Lipinski definition) is 5. The molecule has 0 spiro atoms. The van der Waals surface area contributed by atoms with Gasteiger partial charge in [0, 0.05) is 13.0 Å². The normalized spacial score (nSPS) is 14.1. The largest absolute Gasteiger partial charge is 0.480 e. The van der Waals surface area contributed by atoms with Crippen LogP contribution in [0, 0.1) is 5.92 Å². The lowest BCUT2D eigenvalue weighted by Crippen LogP contribution is -2.49. The molecule has 0 saturated heterocycles. The highest BCUT2D eigenvalue weighted by Crippen LogP contribution is 2.44. The van der Waals surface area contributed by atoms with Crippen molar-refractivity contribution in [1.29, 1.82) is 0 Å². The van der Waals surface area contributed by atoms with E-state index in [2.05, 4.69) is 22.8 Å². The average Bonchev–Trinajstić information content (AvgIpc) is 3.14. The van der Waals surface area contributed by atoms with Crippen LogP contribution in [-0.4, -0.2) is 55.5 Å². The second-order valence-corrected chi connectivity index (χ2v) is 8.80. The molecule has 0 fully saturated rings. The molecule has 0 saturated carbocycles. The van der Waals surface area contributed by atoms with Crippen molar-refractivity contribution in [2.24, 2.45) is 5.92 Å². The summed E-state index contributed by atoms with van der Waals surface area (Å²) in [5, 5.41) is 14.4. The number of nitrogens with one attached hydrogen (secondary N) is 2. The van der Waals surface area contributed by atoms with Crippen LogP contribution in [0.25, 0.3) is 11.1 Å². The highest BCUT2D eigenvalue weighted by molar-refractivity contribution is 5.87. The monoisotopic (exact) mass is 468 g/mol. The SMILES string of the molecule is COC(CNC(=O)OCC1c2ccccc2-c2ccccc21)C(=O)NC(CCC(C)C)C(=O)O. The molecule has 0 aliphatic heterocycles. The van der Waals surface area contributed by atoms with Crippen LogP contribution < -0.4 is 10.6 Å². The number of fused-ring (bicyclic) bond motifs is 3. The van der Waals surface area contributed by atoms with Crippen molar-refractivity contribution in [2.45, 2.75) is 44.8 Å². The standard InChI is InChI=1S/C26H32N2O6/c1-16(2)12-13-22(25(30)31)28-24(29)23(33-3)14-27-26(32)34-15-21-19-10-6-4-8-17(19)18-9-5-7-11-20(18)21/h4-11,16,21-23H,12-15H2,1-3H3,(H,27,32)(H,28,29)(H,30,31). The Labute approximate surface area is 199 Å². The second kappa shape index (κ2) is 11.7. The first-order valence-electron chi connectivity index (χ1n) is 11.5. The molecule has 1 aliphatic carbocycles. The molecule has 34 heavy (non-hydrogen) atoms. The lowest BCUT2D eigenvalue weighted by Gasteiger charge is -2.20. The molecule has 2 amide bonds. The zero-order valence-corrected chi connectivity index (χ0v) is 19.7. The predicted molar refractivity (Wildman–Crippen MR) is 128 cm³/mol. The minimum absolute atomic E-state index is 0.0723. The Morgan fingerprint density at radius 2 is 1.56 bits per heavy atom. The third-order valence-corrected chi connectivity index (χ3v) is 6.00. The highest BCUT2D eigenvalue weighted by atomic mass is 16.5. The minimum atomic E-state index is -1.10. The number of ether oxygens (including phenoxy) is 2. The van der Waals surface area contributed by atoms with Crippen molar-refractivity contribution >= 4 is 18.0 Å². The lowest BCUT2D eigenvalue weighted by atomic mass is 9.98. The Kier molecular flexibility index (Phi) is 8.65. The third-order valence-electron chi connectivity index (χ3n) is 6.00. The predicted octanol–water partition coefficient (Wildman–Crippen LogP) is 3.55. The van der Waals surface area contributed by atoms with Gasteiger partial charge in [0.2, 0.25) is 0 Å². The van der Waals surface area contributed by atoms with Gasteiger partial charge in [-0.25, -0.2) is 9.59 Å². The first-order chi connectivity index (χ1) is 16.3. The van der Waals surface area contributed by atoms with Gasteiger partial charge in [0.1, 0.15) is 12.6 Å². The number of rotatable bonds is 11. The first kappa shape index (κ1) is 25.2. The van der Waals surface area contributed by atoms with Crippen molar-refractivity contribution in [3.63, 3.8) is 0 Å². The Morgan fingerprint density at radius 3 is 2.09 bits per heavy atom. The maximum absolute atomic E-state index is 12.5. The number of carboxylic acids is 1. The van der Waals surface area contributed by atoms with Crippen molar-refractivity contribution in [3.05, 3.63) is 59.7 Å². The van der Waals surface area contributed by atoms with E-state index in [0.717, 1.165) is 22.3 Å². The molecule has 0 bridgehead atoms. The van der Waals surface area contributed by atoms with Gasteiger partial charge in [-0.05, 0) is 41.0 Å². The van der Waals surface area contributed by atoms with Gasteiger partial charge >= 0.3 is 12.1 Å². The Morgan fingerprint density at radius 1 is 0.971 bits per heavy atom. The van der Waals surface area contributed by atoms with Crippen LogP contribution in [0.15, 0.2) is 48.5 Å². The van der Waals surface area contributed by atoms with Crippen molar-refractivity contribution in [2.75, 3.05) is 20.3 Å². The molecule has 0 radical (unpaired) electrons. The average molecular weight is 469 g/mol. The Balaban J connectivity index is 1.53. The van der Waals surface area contributed by atoms with E-state index < -0.39 is 30.1 Å². The molecule has 0 heterocycles. The smallest absolute Gasteiger partial charge is 0.407 e. The van der Waals surface area contributed by atoms with E-state index in [1.165, 1.54) is 7.11 Å². The maximum Gasteiger partial charge on any atom is 0.407 e. The zero-order valence-electron chi connectivity index (χ0n) is 19.7. The van der Waals surface area contributed by atoms with Crippen molar-refractivity contribution in [1.82, 2.24) is 10.6 Å². The molecular formula is C26H32N2O6. The molecule has 3 rings (SSSR count). The fourth-order valence-electron chi connectivity index (χ4n) is 4.13. The third kappa shape index (κ3) is 6.14. The van der Waals surface area contributed by atoms with Gasteiger partial charge < -0.3 is 25.2 Å².